The van der Waals surface area contributed by atoms with Crippen molar-refractivity contribution in [2.24, 2.45) is 0 Å². The number of unbranched alkanes of at least 4 members (excludes halogenated alkanes) is 1. The molecule has 0 spiro atoms. The van der Waals surface area contributed by atoms with Crippen LogP contribution in [-0.2, 0) is 4.74 Å². The van der Waals surface area contributed by atoms with E-state index in [4.69, 9.17) is 17.0 Å². The van der Waals surface area contributed by atoms with Gasteiger partial charge in [-0.2, -0.15) is 0 Å². The number of ether oxygens (including phenoxy) is 1. The van der Waals surface area contributed by atoms with Gasteiger partial charge in [0.15, 0.2) is 5.75 Å². The number of hydrogen-bond acceptors (Lipinski definition) is 5. The van der Waals surface area contributed by atoms with Gasteiger partial charge in [0, 0.05) is 4.88 Å². The van der Waals surface area contributed by atoms with Crippen molar-refractivity contribution < 1.29 is 9.84 Å². The summed E-state index contributed by atoms with van der Waals surface area (Å²) >= 11 is 6.56. The van der Waals surface area contributed by atoms with Crippen molar-refractivity contribution in [2.75, 3.05) is 6.61 Å². The monoisotopic (exact) mass is 359 g/mol. The van der Waals surface area contributed by atoms with E-state index < -0.39 is 0 Å². The van der Waals surface area contributed by atoms with Gasteiger partial charge in [-0.3, -0.25) is 4.79 Å². The highest BCUT2D eigenvalue weighted by atomic mass is 32.1. The molecular formula is C18H17NO3S2. The van der Waals surface area contributed by atoms with Crippen LogP contribution in [0.2, 0.25) is 0 Å². The molecule has 1 aromatic carbocycles. The number of thiocarbonyl (C=S) groups is 1. The third-order valence-electron chi connectivity index (χ3n) is 3.66. The third kappa shape index (κ3) is 3.20. The Morgan fingerprint density at radius 3 is 2.79 bits per heavy atom. The Hall–Kier alpha value is -2.18. The zero-order valence-corrected chi connectivity index (χ0v) is 14.8. The highest BCUT2D eigenvalue weighted by Crippen LogP contribution is 2.37. The Balaban J connectivity index is 2.04. The molecule has 3 rings (SSSR count). The van der Waals surface area contributed by atoms with Gasteiger partial charge in [-0.25, -0.2) is 0 Å². The quantitative estimate of drug-likeness (QED) is 0.522. The number of aromatic hydroxyl groups is 1. The van der Waals surface area contributed by atoms with Crippen molar-refractivity contribution in [3.8, 4) is 16.2 Å². The minimum absolute atomic E-state index is 0.0294. The SMILES string of the molecule is CCCCOC(=S)c1[nH]c(=O)c2cc(-c3ccccc3)sc2c1O. The van der Waals surface area contributed by atoms with E-state index in [0.29, 0.717) is 16.7 Å². The number of fused-ring (bicyclic) bond motifs is 1. The summed E-state index contributed by atoms with van der Waals surface area (Å²) in [7, 11) is 0. The van der Waals surface area contributed by atoms with Crippen LogP contribution in [0.15, 0.2) is 41.2 Å². The number of nitrogens with one attached hydrogen (secondary N) is 1. The number of benzene rings is 1. The molecule has 0 fully saturated rings. The average Bonchev–Trinajstić information content (AvgIpc) is 3.05. The van der Waals surface area contributed by atoms with E-state index in [9.17, 15) is 9.90 Å². The molecule has 0 radical (unpaired) electrons. The minimum atomic E-state index is -0.280. The zero-order chi connectivity index (χ0) is 17.1. The summed E-state index contributed by atoms with van der Waals surface area (Å²) in [6.07, 6.45) is 1.85. The van der Waals surface area contributed by atoms with Crippen LogP contribution in [0.25, 0.3) is 20.5 Å². The molecule has 0 aliphatic rings. The number of rotatable bonds is 5. The van der Waals surface area contributed by atoms with E-state index in [2.05, 4.69) is 11.9 Å². The van der Waals surface area contributed by atoms with Crippen molar-refractivity contribution >= 4 is 38.7 Å². The fraction of sp³-hybridized carbons (Fsp3) is 0.222. The fourth-order valence-electron chi connectivity index (χ4n) is 2.36. The lowest BCUT2D eigenvalue weighted by Crippen LogP contribution is -2.14. The fourth-order valence-corrected chi connectivity index (χ4v) is 3.70. The van der Waals surface area contributed by atoms with Crippen molar-refractivity contribution in [1.29, 1.82) is 0 Å². The summed E-state index contributed by atoms with van der Waals surface area (Å²) in [4.78, 5) is 15.9. The topological polar surface area (TPSA) is 62.3 Å². The first kappa shape index (κ1) is 16.7. The van der Waals surface area contributed by atoms with Gasteiger partial charge in [-0.05, 0) is 30.3 Å². The maximum absolute atomic E-state index is 12.4. The van der Waals surface area contributed by atoms with Crippen LogP contribution in [0.4, 0.5) is 0 Å². The maximum atomic E-state index is 12.4. The molecule has 0 aliphatic carbocycles. The molecule has 0 aliphatic heterocycles. The summed E-state index contributed by atoms with van der Waals surface area (Å²) < 4.78 is 5.97. The lowest BCUT2D eigenvalue weighted by atomic mass is 10.2. The Morgan fingerprint density at radius 2 is 2.08 bits per heavy atom. The largest absolute Gasteiger partial charge is 0.504 e. The van der Waals surface area contributed by atoms with Crippen LogP contribution in [0, 0.1) is 0 Å². The van der Waals surface area contributed by atoms with Gasteiger partial charge >= 0.3 is 0 Å². The van der Waals surface area contributed by atoms with Crippen LogP contribution in [-0.4, -0.2) is 21.7 Å². The zero-order valence-electron chi connectivity index (χ0n) is 13.2. The summed E-state index contributed by atoms with van der Waals surface area (Å²) in [6, 6.07) is 11.5. The highest BCUT2D eigenvalue weighted by molar-refractivity contribution is 7.80. The second-order valence-electron chi connectivity index (χ2n) is 5.39. The smallest absolute Gasteiger partial charge is 0.257 e. The van der Waals surface area contributed by atoms with Crippen molar-refractivity contribution in [1.82, 2.24) is 4.98 Å². The van der Waals surface area contributed by atoms with E-state index in [-0.39, 0.29) is 22.1 Å². The molecule has 6 heteroatoms. The molecule has 0 saturated heterocycles. The van der Waals surface area contributed by atoms with E-state index in [1.807, 2.05) is 30.3 Å². The van der Waals surface area contributed by atoms with Crippen molar-refractivity contribution in [3.63, 3.8) is 0 Å². The van der Waals surface area contributed by atoms with Crippen LogP contribution in [0.1, 0.15) is 25.5 Å². The normalized spacial score (nSPS) is 10.9. The molecule has 24 heavy (non-hydrogen) atoms. The lowest BCUT2D eigenvalue weighted by molar-refractivity contribution is 0.303. The van der Waals surface area contributed by atoms with Crippen LogP contribution in [0.5, 0.6) is 5.75 Å². The number of thiophene rings is 1. The summed E-state index contributed by atoms with van der Waals surface area (Å²) in [5.41, 5.74) is 0.901. The number of aromatic nitrogens is 1. The molecule has 124 valence electrons. The first-order valence-corrected chi connectivity index (χ1v) is 8.95. The number of aromatic amines is 1. The van der Waals surface area contributed by atoms with Crippen molar-refractivity contribution in [3.05, 3.63) is 52.4 Å². The molecule has 4 nitrogen and oxygen atoms in total. The molecular weight excluding hydrogens is 342 g/mol. The van der Waals surface area contributed by atoms with E-state index in [1.165, 1.54) is 11.3 Å². The molecule has 2 N–H and O–H groups in total. The first-order valence-electron chi connectivity index (χ1n) is 7.73. The van der Waals surface area contributed by atoms with E-state index in [1.54, 1.807) is 6.07 Å². The van der Waals surface area contributed by atoms with Gasteiger partial charge in [0.2, 0.25) is 5.05 Å². The Labute approximate surface area is 148 Å². The molecule has 2 heterocycles. The molecule has 0 atom stereocenters. The van der Waals surface area contributed by atoms with Gasteiger partial charge in [0.25, 0.3) is 5.56 Å². The Kier molecular flexibility index (Phi) is 4.97. The van der Waals surface area contributed by atoms with E-state index >= 15 is 0 Å². The molecule has 2 aromatic heterocycles. The molecule has 0 saturated carbocycles. The van der Waals surface area contributed by atoms with Gasteiger partial charge in [-0.15, -0.1) is 11.3 Å². The number of hydrogen-bond donors (Lipinski definition) is 2. The summed E-state index contributed by atoms with van der Waals surface area (Å²) in [6.45, 7) is 2.52. The molecule has 0 bridgehead atoms. The van der Waals surface area contributed by atoms with Gasteiger partial charge in [0.05, 0.1) is 16.7 Å². The van der Waals surface area contributed by atoms with Gasteiger partial charge in [-0.1, -0.05) is 43.7 Å². The summed E-state index contributed by atoms with van der Waals surface area (Å²) in [5.74, 6) is -0.0294. The molecule has 0 unspecified atom stereocenters. The number of H-pyrrole nitrogens is 1. The number of pyridine rings is 1. The predicted octanol–water partition coefficient (Wildman–Crippen LogP) is 4.45. The third-order valence-corrected chi connectivity index (χ3v) is 5.17. The predicted molar refractivity (Wildman–Crippen MR) is 102 cm³/mol. The van der Waals surface area contributed by atoms with Crippen LogP contribution >= 0.6 is 23.6 Å². The standard InChI is InChI=1S/C18H17NO3S2/c1-2-3-9-22-18(23)14-15(20)16-12(17(21)19-14)10-13(24-16)11-7-5-4-6-8-11/h4-8,10,20H,2-3,9H2,1H3,(H,19,21). The van der Waals surface area contributed by atoms with Crippen molar-refractivity contribution in [2.45, 2.75) is 19.8 Å². The Bertz CT molecular complexity index is 929. The highest BCUT2D eigenvalue weighted by Gasteiger charge is 2.18. The Morgan fingerprint density at radius 1 is 1.33 bits per heavy atom. The van der Waals surface area contributed by atoms with Crippen LogP contribution < -0.4 is 5.56 Å². The van der Waals surface area contributed by atoms with Crippen LogP contribution in [0.3, 0.4) is 0 Å². The average molecular weight is 359 g/mol. The second kappa shape index (κ2) is 7.15. The maximum Gasteiger partial charge on any atom is 0.257 e. The van der Waals surface area contributed by atoms with Gasteiger partial charge < -0.3 is 14.8 Å². The molecule has 3 aromatic rings. The minimum Gasteiger partial charge on any atom is -0.504 e. The first-order chi connectivity index (χ1) is 11.6. The molecule has 0 amide bonds. The van der Waals surface area contributed by atoms with Gasteiger partial charge in [0.1, 0.15) is 5.69 Å². The van der Waals surface area contributed by atoms with E-state index in [0.717, 1.165) is 23.3 Å². The second-order valence-corrected chi connectivity index (χ2v) is 6.81. The lowest BCUT2D eigenvalue weighted by Gasteiger charge is -2.08. The summed E-state index contributed by atoms with van der Waals surface area (Å²) in [5, 5.41) is 11.1.